The summed E-state index contributed by atoms with van der Waals surface area (Å²) in [6, 6.07) is 8.15. The molecule has 0 amide bonds. The highest BCUT2D eigenvalue weighted by Gasteiger charge is 2.21. The molecule has 0 aliphatic rings. The molecule has 0 unspecified atom stereocenters. The maximum atomic E-state index is 6.27. The maximum Gasteiger partial charge on any atom is 0.181 e. The summed E-state index contributed by atoms with van der Waals surface area (Å²) in [5.41, 5.74) is 0. The van der Waals surface area contributed by atoms with Crippen LogP contribution < -0.4 is 5.19 Å². The minimum absolute atomic E-state index is 1.13. The monoisotopic (exact) mass is 248 g/mol. The molecule has 60 valence electrons. The Kier molecular flexibility index (Phi) is 2.78. The first kappa shape index (κ1) is 9.30. The zero-order valence-corrected chi connectivity index (χ0v) is 9.91. The van der Waals surface area contributed by atoms with Crippen molar-refractivity contribution in [3.05, 3.63) is 28.7 Å². The van der Waals surface area contributed by atoms with E-state index in [0.29, 0.717) is 0 Å². The van der Waals surface area contributed by atoms with E-state index in [0.717, 1.165) is 4.47 Å². The van der Waals surface area contributed by atoms with Crippen molar-refractivity contribution in [2.24, 2.45) is 0 Å². The zero-order chi connectivity index (χ0) is 8.48. The molecule has 0 aliphatic heterocycles. The molecule has 0 bridgehead atoms. The molecule has 11 heavy (non-hydrogen) atoms. The molecule has 0 N–H and O–H groups in total. The first-order valence-electron chi connectivity index (χ1n) is 3.46. The summed E-state index contributed by atoms with van der Waals surface area (Å²) in [5.74, 6) is 0. The number of hydrogen-bond donors (Lipinski definition) is 0. The quantitative estimate of drug-likeness (QED) is 0.530. The van der Waals surface area contributed by atoms with Gasteiger partial charge in [-0.1, -0.05) is 47.2 Å². The summed E-state index contributed by atoms with van der Waals surface area (Å²) in [5, 5.41) is 1.27. The third-order valence-corrected chi connectivity index (χ3v) is 4.90. The van der Waals surface area contributed by atoms with Gasteiger partial charge in [-0.15, -0.1) is 0 Å². The van der Waals surface area contributed by atoms with Gasteiger partial charge in [0.15, 0.2) is 7.38 Å². The van der Waals surface area contributed by atoms with Gasteiger partial charge in [0.05, 0.1) is 0 Å². The van der Waals surface area contributed by atoms with Crippen LogP contribution in [0.2, 0.25) is 13.1 Å². The van der Waals surface area contributed by atoms with Gasteiger partial charge in [-0.3, -0.25) is 0 Å². The lowest BCUT2D eigenvalue weighted by molar-refractivity contribution is 1.68. The van der Waals surface area contributed by atoms with Crippen molar-refractivity contribution in [3.63, 3.8) is 0 Å². The SMILES string of the molecule is C[Si](C)(Cl)c1ccccc1Br. The Bertz CT molecular complexity index is 255. The van der Waals surface area contributed by atoms with E-state index in [9.17, 15) is 0 Å². The summed E-state index contributed by atoms with van der Waals surface area (Å²) in [6.45, 7) is 4.24. The normalized spacial score (nSPS) is 11.6. The van der Waals surface area contributed by atoms with Crippen molar-refractivity contribution >= 4 is 39.6 Å². The predicted molar refractivity (Wildman–Crippen MR) is 57.1 cm³/mol. The van der Waals surface area contributed by atoms with Crippen LogP contribution in [0.4, 0.5) is 0 Å². The minimum Gasteiger partial charge on any atom is -0.161 e. The second kappa shape index (κ2) is 3.29. The molecular weight excluding hydrogens is 240 g/mol. The topological polar surface area (TPSA) is 0 Å². The van der Waals surface area contributed by atoms with E-state index >= 15 is 0 Å². The first-order chi connectivity index (χ1) is 5.02. The van der Waals surface area contributed by atoms with Crippen LogP contribution in [0.1, 0.15) is 0 Å². The van der Waals surface area contributed by atoms with E-state index in [-0.39, 0.29) is 0 Å². The molecule has 0 aromatic heterocycles. The van der Waals surface area contributed by atoms with Gasteiger partial charge < -0.3 is 0 Å². The Morgan fingerprint density at radius 1 is 1.27 bits per heavy atom. The number of benzene rings is 1. The van der Waals surface area contributed by atoms with E-state index in [1.54, 1.807) is 0 Å². The Labute approximate surface area is 81.4 Å². The average molecular weight is 250 g/mol. The Balaban J connectivity index is 3.14. The first-order valence-corrected chi connectivity index (χ1v) is 8.26. The molecule has 1 aromatic carbocycles. The minimum atomic E-state index is -1.65. The van der Waals surface area contributed by atoms with Gasteiger partial charge in [-0.2, -0.15) is 11.1 Å². The van der Waals surface area contributed by atoms with Crippen LogP contribution in [0, 0.1) is 0 Å². The summed E-state index contributed by atoms with van der Waals surface area (Å²) >= 11 is 9.76. The van der Waals surface area contributed by atoms with Crippen LogP contribution in [0.3, 0.4) is 0 Å². The highest BCUT2D eigenvalue weighted by molar-refractivity contribution is 9.10. The molecule has 0 saturated heterocycles. The second-order valence-electron chi connectivity index (χ2n) is 2.95. The summed E-state index contributed by atoms with van der Waals surface area (Å²) in [7, 11) is -1.65. The van der Waals surface area contributed by atoms with Crippen LogP contribution in [0.15, 0.2) is 28.7 Å². The fraction of sp³-hybridized carbons (Fsp3) is 0.250. The maximum absolute atomic E-state index is 6.27. The third-order valence-electron chi connectivity index (χ3n) is 1.51. The molecule has 0 nitrogen and oxygen atoms in total. The van der Waals surface area contributed by atoms with Gasteiger partial charge in [0.2, 0.25) is 0 Å². The van der Waals surface area contributed by atoms with Crippen molar-refractivity contribution in [2.45, 2.75) is 13.1 Å². The molecule has 0 atom stereocenters. The number of rotatable bonds is 1. The average Bonchev–Trinajstić information content (AvgIpc) is 1.86. The van der Waals surface area contributed by atoms with Gasteiger partial charge in [0.25, 0.3) is 0 Å². The predicted octanol–water partition coefficient (Wildman–Crippen LogP) is 3.10. The molecule has 0 aliphatic carbocycles. The Morgan fingerprint density at radius 3 is 2.18 bits per heavy atom. The lowest BCUT2D eigenvalue weighted by Gasteiger charge is -2.14. The molecule has 0 heterocycles. The third kappa shape index (κ3) is 2.32. The standard InChI is InChI=1S/C8H10BrClSi/c1-11(2,10)8-6-4-3-5-7(8)9/h3-6H,1-2H3. The molecule has 1 rings (SSSR count). The molecule has 0 saturated carbocycles. The van der Waals surface area contributed by atoms with Gasteiger partial charge in [0, 0.05) is 4.47 Å². The van der Waals surface area contributed by atoms with E-state index < -0.39 is 7.38 Å². The molecule has 3 heteroatoms. The number of hydrogen-bond acceptors (Lipinski definition) is 0. The van der Waals surface area contributed by atoms with E-state index in [4.69, 9.17) is 11.1 Å². The molecule has 0 spiro atoms. The van der Waals surface area contributed by atoms with Gasteiger partial charge in [-0.05, 0) is 11.3 Å². The zero-order valence-electron chi connectivity index (χ0n) is 6.57. The fourth-order valence-corrected chi connectivity index (χ4v) is 4.70. The van der Waals surface area contributed by atoms with E-state index in [2.05, 4.69) is 35.1 Å². The van der Waals surface area contributed by atoms with Gasteiger partial charge in [-0.25, -0.2) is 0 Å². The van der Waals surface area contributed by atoms with Crippen LogP contribution in [-0.4, -0.2) is 7.38 Å². The van der Waals surface area contributed by atoms with Gasteiger partial charge >= 0.3 is 0 Å². The Hall–Kier alpha value is 0.207. The summed E-state index contributed by atoms with van der Waals surface area (Å²) in [6.07, 6.45) is 0. The highest BCUT2D eigenvalue weighted by atomic mass is 79.9. The number of halogens is 2. The van der Waals surface area contributed by atoms with Crippen molar-refractivity contribution in [1.29, 1.82) is 0 Å². The van der Waals surface area contributed by atoms with Crippen LogP contribution >= 0.6 is 27.0 Å². The highest BCUT2D eigenvalue weighted by Crippen LogP contribution is 2.15. The fourth-order valence-electron chi connectivity index (χ4n) is 0.943. The molecular formula is C8H10BrClSi. The van der Waals surface area contributed by atoms with Crippen LogP contribution in [0.25, 0.3) is 0 Å². The lowest BCUT2D eigenvalue weighted by Crippen LogP contribution is -2.35. The Morgan fingerprint density at radius 2 is 1.82 bits per heavy atom. The van der Waals surface area contributed by atoms with Crippen molar-refractivity contribution < 1.29 is 0 Å². The molecule has 0 radical (unpaired) electrons. The molecule has 0 fully saturated rings. The van der Waals surface area contributed by atoms with E-state index in [1.807, 2.05) is 18.2 Å². The van der Waals surface area contributed by atoms with Crippen molar-refractivity contribution in [3.8, 4) is 0 Å². The van der Waals surface area contributed by atoms with Crippen LogP contribution in [0.5, 0.6) is 0 Å². The van der Waals surface area contributed by atoms with Crippen molar-refractivity contribution in [2.75, 3.05) is 0 Å². The van der Waals surface area contributed by atoms with Crippen molar-refractivity contribution in [1.82, 2.24) is 0 Å². The molecule has 1 aromatic rings. The van der Waals surface area contributed by atoms with Crippen LogP contribution in [-0.2, 0) is 0 Å². The summed E-state index contributed by atoms with van der Waals surface area (Å²) < 4.78 is 1.13. The lowest BCUT2D eigenvalue weighted by atomic mass is 10.4. The van der Waals surface area contributed by atoms with Gasteiger partial charge in [0.1, 0.15) is 0 Å². The smallest absolute Gasteiger partial charge is 0.161 e. The van der Waals surface area contributed by atoms with E-state index in [1.165, 1.54) is 5.19 Å². The summed E-state index contributed by atoms with van der Waals surface area (Å²) in [4.78, 5) is 0. The largest absolute Gasteiger partial charge is 0.181 e. The second-order valence-corrected chi connectivity index (χ2v) is 10.1.